The van der Waals surface area contributed by atoms with Crippen molar-refractivity contribution in [1.82, 2.24) is 19.4 Å². The summed E-state index contributed by atoms with van der Waals surface area (Å²) in [5.41, 5.74) is 4.08. The average Bonchev–Trinajstić information content (AvgIpc) is 2.97. The molecule has 0 aliphatic carbocycles. The number of pyridine rings is 1. The molecule has 0 N–H and O–H groups in total. The first-order valence-electron chi connectivity index (χ1n) is 15.9. The molecule has 1 aliphatic heterocycles. The van der Waals surface area contributed by atoms with E-state index >= 15 is 0 Å². The number of piperazine rings is 1. The summed E-state index contributed by atoms with van der Waals surface area (Å²) in [6.45, 7) is 18.3. The number of hydrogen-bond donors (Lipinski definition) is 0. The Morgan fingerprint density at radius 1 is 1.02 bits per heavy atom. The van der Waals surface area contributed by atoms with Crippen LogP contribution < -0.4 is 10.6 Å². The number of benzene rings is 2. The fourth-order valence-electron chi connectivity index (χ4n) is 6.23. The summed E-state index contributed by atoms with van der Waals surface area (Å²) in [7, 11) is -1.20. The van der Waals surface area contributed by atoms with Gasteiger partial charge in [-0.25, -0.2) is 19.1 Å². The number of fused-ring (bicyclic) bond motifs is 1. The fraction of sp³-hybridized carbons (Fsp3) is 0.444. The monoisotopic (exact) mass is 677 g/mol. The summed E-state index contributed by atoms with van der Waals surface area (Å²) in [5, 5.41) is 1.06. The van der Waals surface area contributed by atoms with E-state index in [4.69, 9.17) is 26.3 Å². The Balaban J connectivity index is 1.77. The third-order valence-electron chi connectivity index (χ3n) is 8.57. The summed E-state index contributed by atoms with van der Waals surface area (Å²) >= 11 is 7.02. The molecule has 0 radical (unpaired) electrons. The standard InChI is InChI=1S/C36H44ClN5O4S/c1-20(2)27-16-25(47(10)45)15-22(4)31(27)42-33-28(17-29(37)30(38-33)26-14-12-11-13-21(26)3)32(39-34(42)43)40-18-24(6)41(19-23(40)5)35(44)46-36(7,8)9/h11-17,20,23-24H,18-19H2,1-10H3/t23-,24+,47?/m0/s1. The predicted molar refractivity (Wildman–Crippen MR) is 191 cm³/mol. The first kappa shape index (κ1) is 34.6. The molecular weight excluding hydrogens is 634 g/mol. The highest BCUT2D eigenvalue weighted by Gasteiger charge is 2.36. The van der Waals surface area contributed by atoms with E-state index in [1.54, 1.807) is 15.7 Å². The molecule has 11 heteroatoms. The molecule has 3 heterocycles. The third kappa shape index (κ3) is 6.81. The number of aromatic nitrogens is 3. The van der Waals surface area contributed by atoms with E-state index in [-0.39, 0.29) is 24.1 Å². The largest absolute Gasteiger partial charge is 0.444 e. The molecular formula is C36H44ClN5O4S. The van der Waals surface area contributed by atoms with Crippen LogP contribution in [0.15, 0.2) is 52.2 Å². The molecule has 0 saturated carbocycles. The zero-order valence-corrected chi connectivity index (χ0v) is 30.4. The van der Waals surface area contributed by atoms with Crippen molar-refractivity contribution < 1.29 is 13.7 Å². The normalized spacial score (nSPS) is 17.8. The number of halogens is 1. The van der Waals surface area contributed by atoms with E-state index in [2.05, 4.69) is 4.90 Å². The predicted octanol–water partition coefficient (Wildman–Crippen LogP) is 7.41. The molecule has 4 aromatic rings. The van der Waals surface area contributed by atoms with Crippen molar-refractivity contribution in [3.05, 3.63) is 74.7 Å². The Bertz CT molecular complexity index is 1950. The van der Waals surface area contributed by atoms with Crippen LogP contribution >= 0.6 is 11.6 Å². The van der Waals surface area contributed by atoms with Gasteiger partial charge in [0.2, 0.25) is 0 Å². The fourth-order valence-corrected chi connectivity index (χ4v) is 7.12. The van der Waals surface area contributed by atoms with Gasteiger partial charge in [-0.3, -0.25) is 4.21 Å². The van der Waals surface area contributed by atoms with E-state index < -0.39 is 22.1 Å². The van der Waals surface area contributed by atoms with E-state index in [0.717, 1.165) is 22.3 Å². The van der Waals surface area contributed by atoms with Crippen LogP contribution in [0.25, 0.3) is 28.0 Å². The second-order valence-corrected chi connectivity index (χ2v) is 15.6. The quantitative estimate of drug-likeness (QED) is 0.217. The van der Waals surface area contributed by atoms with E-state index in [1.807, 2.05) is 105 Å². The molecule has 2 aromatic heterocycles. The lowest BCUT2D eigenvalue weighted by Gasteiger charge is -2.44. The van der Waals surface area contributed by atoms with Crippen LogP contribution in [0.4, 0.5) is 10.6 Å². The molecule has 0 bridgehead atoms. The minimum Gasteiger partial charge on any atom is -0.444 e. The van der Waals surface area contributed by atoms with Gasteiger partial charge in [-0.05, 0) is 89.3 Å². The van der Waals surface area contributed by atoms with Crippen LogP contribution in [0.1, 0.15) is 71.1 Å². The number of amides is 1. The second-order valence-electron chi connectivity index (χ2n) is 13.8. The molecule has 1 amide bonds. The molecule has 47 heavy (non-hydrogen) atoms. The molecule has 5 rings (SSSR count). The van der Waals surface area contributed by atoms with Gasteiger partial charge in [0.25, 0.3) is 0 Å². The summed E-state index contributed by atoms with van der Waals surface area (Å²) in [6, 6.07) is 13.1. The Hall–Kier alpha value is -3.76. The van der Waals surface area contributed by atoms with Crippen molar-refractivity contribution >= 4 is 45.3 Å². The van der Waals surface area contributed by atoms with E-state index in [0.29, 0.717) is 51.2 Å². The van der Waals surface area contributed by atoms with Crippen LogP contribution in [0.5, 0.6) is 0 Å². The first-order chi connectivity index (χ1) is 22.0. The van der Waals surface area contributed by atoms with Crippen molar-refractivity contribution in [2.75, 3.05) is 24.2 Å². The molecule has 1 saturated heterocycles. The van der Waals surface area contributed by atoms with Crippen LogP contribution in [-0.4, -0.2) is 66.8 Å². The van der Waals surface area contributed by atoms with Crippen molar-refractivity contribution in [1.29, 1.82) is 0 Å². The molecule has 250 valence electrons. The van der Waals surface area contributed by atoms with E-state index in [1.165, 1.54) is 0 Å². The molecule has 2 aromatic carbocycles. The molecule has 9 nitrogen and oxygen atoms in total. The summed E-state index contributed by atoms with van der Waals surface area (Å²) in [5.74, 6) is 0.476. The average molecular weight is 678 g/mol. The lowest BCUT2D eigenvalue weighted by molar-refractivity contribution is 0.0130. The molecule has 0 spiro atoms. The SMILES string of the molecule is Cc1ccccc1-c1nc2c(cc1Cl)c(N1C[C@@H](C)N(C(=O)OC(C)(C)C)C[C@@H]1C)nc(=O)n2-c1c(C)cc(S(C)=O)cc1C(C)C. The Morgan fingerprint density at radius 2 is 1.70 bits per heavy atom. The number of nitrogens with zero attached hydrogens (tertiary/aromatic N) is 5. The van der Waals surface area contributed by atoms with Crippen molar-refractivity contribution in [2.45, 2.75) is 90.8 Å². The molecule has 1 fully saturated rings. The highest BCUT2D eigenvalue weighted by Crippen LogP contribution is 2.37. The zero-order valence-electron chi connectivity index (χ0n) is 28.8. The number of rotatable bonds is 5. The number of carbonyl (C=O) groups excluding carboxylic acids is 1. The van der Waals surface area contributed by atoms with Crippen LogP contribution in [-0.2, 0) is 15.5 Å². The number of hydrogen-bond acceptors (Lipinski definition) is 7. The lowest BCUT2D eigenvalue weighted by atomic mass is 9.97. The Kier molecular flexibility index (Phi) is 9.59. The van der Waals surface area contributed by atoms with Gasteiger partial charge in [0.05, 0.1) is 21.8 Å². The van der Waals surface area contributed by atoms with Crippen LogP contribution in [0.3, 0.4) is 0 Å². The summed E-state index contributed by atoms with van der Waals surface area (Å²) in [4.78, 5) is 41.8. The van der Waals surface area contributed by atoms with Gasteiger partial charge in [0.1, 0.15) is 11.4 Å². The number of aryl methyl sites for hydroxylation is 2. The highest BCUT2D eigenvalue weighted by molar-refractivity contribution is 7.84. The number of anilines is 1. The molecule has 1 unspecified atom stereocenters. The topological polar surface area (TPSA) is 97.6 Å². The minimum absolute atomic E-state index is 0.0127. The Labute approximate surface area is 284 Å². The highest BCUT2D eigenvalue weighted by atomic mass is 35.5. The first-order valence-corrected chi connectivity index (χ1v) is 17.9. The maximum atomic E-state index is 14.4. The third-order valence-corrected chi connectivity index (χ3v) is 9.76. The maximum absolute atomic E-state index is 14.4. The number of ether oxygens (including phenoxy) is 1. The van der Waals surface area contributed by atoms with Gasteiger partial charge in [-0.1, -0.05) is 49.7 Å². The summed E-state index contributed by atoms with van der Waals surface area (Å²) < 4.78 is 19.8. The maximum Gasteiger partial charge on any atom is 0.410 e. The van der Waals surface area contributed by atoms with Gasteiger partial charge in [-0.15, -0.1) is 0 Å². The van der Waals surface area contributed by atoms with Gasteiger partial charge >= 0.3 is 11.8 Å². The second kappa shape index (κ2) is 13.0. The minimum atomic E-state index is -1.20. The van der Waals surface area contributed by atoms with Crippen LogP contribution in [0.2, 0.25) is 5.02 Å². The Morgan fingerprint density at radius 3 is 2.32 bits per heavy atom. The van der Waals surface area contributed by atoms with Crippen molar-refractivity contribution in [2.24, 2.45) is 0 Å². The summed E-state index contributed by atoms with van der Waals surface area (Å²) in [6.07, 6.45) is 1.28. The van der Waals surface area contributed by atoms with Crippen molar-refractivity contribution in [3.63, 3.8) is 0 Å². The molecule has 3 atom stereocenters. The van der Waals surface area contributed by atoms with E-state index in [9.17, 15) is 13.8 Å². The van der Waals surface area contributed by atoms with Gasteiger partial charge in [0.15, 0.2) is 5.65 Å². The van der Waals surface area contributed by atoms with Gasteiger partial charge in [0, 0.05) is 52.7 Å². The van der Waals surface area contributed by atoms with Gasteiger partial charge in [-0.2, -0.15) is 4.98 Å². The van der Waals surface area contributed by atoms with Gasteiger partial charge < -0.3 is 14.5 Å². The zero-order chi connectivity index (χ0) is 34.5. The van der Waals surface area contributed by atoms with Crippen molar-refractivity contribution in [3.8, 4) is 16.9 Å². The number of carbonyl (C=O) groups is 1. The smallest absolute Gasteiger partial charge is 0.410 e. The molecule has 1 aliphatic rings. The lowest BCUT2D eigenvalue weighted by Crippen LogP contribution is -2.59. The van der Waals surface area contributed by atoms with Crippen LogP contribution in [0, 0.1) is 13.8 Å².